The van der Waals surface area contributed by atoms with Gasteiger partial charge in [0.25, 0.3) is 0 Å². The molecule has 2 unspecified atom stereocenters. The van der Waals surface area contributed by atoms with Gasteiger partial charge in [-0.1, -0.05) is 31.9 Å². The lowest BCUT2D eigenvalue weighted by molar-refractivity contribution is -0.0730. The maximum atomic E-state index is 6.19. The summed E-state index contributed by atoms with van der Waals surface area (Å²) >= 11 is 0. The summed E-state index contributed by atoms with van der Waals surface area (Å²) in [7, 11) is 1.69. The fraction of sp³-hybridized carbons (Fsp3) is 0.647. The van der Waals surface area contributed by atoms with Crippen LogP contribution >= 0.6 is 0 Å². The number of benzene rings is 1. The SMILES string of the molecule is COc1ccc(CCOC2(CN)CCCC(C)C2)cc1. The molecule has 2 atom stereocenters. The van der Waals surface area contributed by atoms with Crippen LogP contribution in [0.4, 0.5) is 0 Å². The molecule has 0 bridgehead atoms. The molecule has 0 spiro atoms. The molecular weight excluding hydrogens is 250 g/mol. The topological polar surface area (TPSA) is 44.5 Å². The number of hydrogen-bond acceptors (Lipinski definition) is 3. The van der Waals surface area contributed by atoms with Crippen molar-refractivity contribution in [3.63, 3.8) is 0 Å². The molecule has 1 aromatic carbocycles. The maximum Gasteiger partial charge on any atom is 0.118 e. The smallest absolute Gasteiger partial charge is 0.118 e. The van der Waals surface area contributed by atoms with E-state index in [1.54, 1.807) is 7.11 Å². The third-order valence-electron chi connectivity index (χ3n) is 4.38. The molecule has 1 saturated carbocycles. The molecule has 1 aliphatic rings. The Bertz CT molecular complexity index is 404. The van der Waals surface area contributed by atoms with E-state index in [4.69, 9.17) is 15.2 Å². The first kappa shape index (κ1) is 15.3. The second-order valence-electron chi connectivity index (χ2n) is 6.04. The Labute approximate surface area is 122 Å². The summed E-state index contributed by atoms with van der Waals surface area (Å²) in [6.45, 7) is 3.69. The van der Waals surface area contributed by atoms with Crippen molar-refractivity contribution >= 4 is 0 Å². The maximum absolute atomic E-state index is 6.19. The van der Waals surface area contributed by atoms with Crippen LogP contribution in [0.5, 0.6) is 5.75 Å². The minimum atomic E-state index is -0.0792. The van der Waals surface area contributed by atoms with Gasteiger partial charge in [0, 0.05) is 6.54 Å². The van der Waals surface area contributed by atoms with Crippen LogP contribution in [0, 0.1) is 5.92 Å². The fourth-order valence-electron chi connectivity index (χ4n) is 3.16. The van der Waals surface area contributed by atoms with Crippen molar-refractivity contribution in [2.75, 3.05) is 20.3 Å². The van der Waals surface area contributed by atoms with E-state index in [9.17, 15) is 0 Å². The van der Waals surface area contributed by atoms with Gasteiger partial charge in [-0.25, -0.2) is 0 Å². The summed E-state index contributed by atoms with van der Waals surface area (Å²) in [5, 5.41) is 0. The highest BCUT2D eigenvalue weighted by molar-refractivity contribution is 5.27. The van der Waals surface area contributed by atoms with Gasteiger partial charge in [-0.05, 0) is 42.9 Å². The van der Waals surface area contributed by atoms with E-state index in [1.165, 1.54) is 18.4 Å². The molecule has 0 aliphatic heterocycles. The predicted molar refractivity (Wildman–Crippen MR) is 82.1 cm³/mol. The Kier molecular flexibility index (Phi) is 5.44. The average Bonchev–Trinajstić information content (AvgIpc) is 2.48. The standard InChI is InChI=1S/C17H27NO2/c1-14-4-3-10-17(12-14,13-18)20-11-9-15-5-7-16(19-2)8-6-15/h5-8,14H,3-4,9-13,18H2,1-2H3. The van der Waals surface area contributed by atoms with Gasteiger partial charge in [-0.15, -0.1) is 0 Å². The zero-order valence-corrected chi connectivity index (χ0v) is 12.7. The normalized spacial score (nSPS) is 26.4. The van der Waals surface area contributed by atoms with Gasteiger partial charge in [0.15, 0.2) is 0 Å². The van der Waals surface area contributed by atoms with Gasteiger partial charge in [0.2, 0.25) is 0 Å². The highest BCUT2D eigenvalue weighted by atomic mass is 16.5. The van der Waals surface area contributed by atoms with Gasteiger partial charge in [0.05, 0.1) is 19.3 Å². The Hall–Kier alpha value is -1.06. The molecule has 3 heteroatoms. The van der Waals surface area contributed by atoms with Crippen LogP contribution < -0.4 is 10.5 Å². The Morgan fingerprint density at radius 2 is 2.05 bits per heavy atom. The van der Waals surface area contributed by atoms with Gasteiger partial charge in [0.1, 0.15) is 5.75 Å². The molecule has 20 heavy (non-hydrogen) atoms. The first-order valence-corrected chi connectivity index (χ1v) is 7.64. The highest BCUT2D eigenvalue weighted by Gasteiger charge is 2.34. The lowest BCUT2D eigenvalue weighted by Gasteiger charge is -2.39. The molecule has 2 N–H and O–H groups in total. The molecule has 0 heterocycles. The number of rotatable bonds is 6. The van der Waals surface area contributed by atoms with Crippen molar-refractivity contribution in [3.05, 3.63) is 29.8 Å². The Balaban J connectivity index is 1.83. The predicted octanol–water partition coefficient (Wildman–Crippen LogP) is 3.16. The largest absolute Gasteiger partial charge is 0.497 e. The number of hydrogen-bond donors (Lipinski definition) is 1. The van der Waals surface area contributed by atoms with Crippen molar-refractivity contribution in [2.24, 2.45) is 11.7 Å². The molecule has 1 fully saturated rings. The average molecular weight is 277 g/mol. The number of methoxy groups -OCH3 is 1. The summed E-state index contributed by atoms with van der Waals surface area (Å²) in [6, 6.07) is 8.19. The zero-order valence-electron chi connectivity index (χ0n) is 12.7. The zero-order chi connectivity index (χ0) is 14.4. The Morgan fingerprint density at radius 3 is 2.65 bits per heavy atom. The van der Waals surface area contributed by atoms with Crippen LogP contribution in [0.15, 0.2) is 24.3 Å². The van der Waals surface area contributed by atoms with E-state index in [-0.39, 0.29) is 5.60 Å². The van der Waals surface area contributed by atoms with Crippen molar-refractivity contribution in [1.29, 1.82) is 0 Å². The van der Waals surface area contributed by atoms with E-state index in [0.717, 1.165) is 37.5 Å². The van der Waals surface area contributed by atoms with E-state index < -0.39 is 0 Å². The van der Waals surface area contributed by atoms with Crippen LogP contribution in [-0.4, -0.2) is 25.9 Å². The van der Waals surface area contributed by atoms with E-state index >= 15 is 0 Å². The molecule has 3 nitrogen and oxygen atoms in total. The summed E-state index contributed by atoms with van der Waals surface area (Å²) in [6.07, 6.45) is 5.69. The van der Waals surface area contributed by atoms with Crippen LogP contribution in [0.1, 0.15) is 38.2 Å². The molecular formula is C17H27NO2. The number of ether oxygens (including phenoxy) is 2. The van der Waals surface area contributed by atoms with Gasteiger partial charge < -0.3 is 15.2 Å². The highest BCUT2D eigenvalue weighted by Crippen LogP contribution is 2.34. The summed E-state index contributed by atoms with van der Waals surface area (Å²) in [5.41, 5.74) is 7.18. The molecule has 112 valence electrons. The second-order valence-corrected chi connectivity index (χ2v) is 6.04. The lowest BCUT2D eigenvalue weighted by atomic mass is 9.79. The van der Waals surface area contributed by atoms with Crippen LogP contribution in [0.25, 0.3) is 0 Å². The Morgan fingerprint density at radius 1 is 1.30 bits per heavy atom. The van der Waals surface area contributed by atoms with E-state index in [0.29, 0.717) is 6.54 Å². The monoisotopic (exact) mass is 277 g/mol. The molecule has 0 amide bonds. The van der Waals surface area contributed by atoms with E-state index in [2.05, 4.69) is 19.1 Å². The fourth-order valence-corrected chi connectivity index (χ4v) is 3.16. The quantitative estimate of drug-likeness (QED) is 0.868. The van der Waals surface area contributed by atoms with Gasteiger partial charge >= 0.3 is 0 Å². The van der Waals surface area contributed by atoms with Crippen LogP contribution in [-0.2, 0) is 11.2 Å². The summed E-state index contributed by atoms with van der Waals surface area (Å²) in [4.78, 5) is 0. The van der Waals surface area contributed by atoms with Gasteiger partial charge in [-0.2, -0.15) is 0 Å². The lowest BCUT2D eigenvalue weighted by Crippen LogP contribution is -2.44. The minimum absolute atomic E-state index is 0.0792. The third kappa shape index (κ3) is 3.97. The van der Waals surface area contributed by atoms with Crippen molar-refractivity contribution in [3.8, 4) is 5.75 Å². The molecule has 2 rings (SSSR count). The third-order valence-corrected chi connectivity index (χ3v) is 4.38. The van der Waals surface area contributed by atoms with Crippen molar-refractivity contribution < 1.29 is 9.47 Å². The summed E-state index contributed by atoms with van der Waals surface area (Å²) < 4.78 is 11.4. The number of nitrogens with two attached hydrogens (primary N) is 1. The second kappa shape index (κ2) is 7.09. The molecule has 0 saturated heterocycles. The minimum Gasteiger partial charge on any atom is -0.497 e. The molecule has 0 radical (unpaired) electrons. The van der Waals surface area contributed by atoms with Crippen molar-refractivity contribution in [2.45, 2.75) is 44.6 Å². The molecule has 0 aromatic heterocycles. The molecule has 1 aromatic rings. The molecule has 1 aliphatic carbocycles. The van der Waals surface area contributed by atoms with E-state index in [1.807, 2.05) is 12.1 Å². The first-order chi connectivity index (χ1) is 9.67. The van der Waals surface area contributed by atoms with Crippen LogP contribution in [0.2, 0.25) is 0 Å². The van der Waals surface area contributed by atoms with Gasteiger partial charge in [-0.3, -0.25) is 0 Å². The summed E-state index contributed by atoms with van der Waals surface area (Å²) in [5.74, 6) is 1.63. The van der Waals surface area contributed by atoms with Crippen LogP contribution in [0.3, 0.4) is 0 Å². The van der Waals surface area contributed by atoms with Crippen molar-refractivity contribution in [1.82, 2.24) is 0 Å². The first-order valence-electron chi connectivity index (χ1n) is 7.64.